The second-order valence-corrected chi connectivity index (χ2v) is 6.53. The quantitative estimate of drug-likeness (QED) is 0.660. The fraction of sp³-hybridized carbons (Fsp3) is 0.316. The molecule has 0 bridgehead atoms. The van der Waals surface area contributed by atoms with Gasteiger partial charge < -0.3 is 25.3 Å². The van der Waals surface area contributed by atoms with Gasteiger partial charge in [0, 0.05) is 31.0 Å². The molecule has 0 atom stereocenters. The second kappa shape index (κ2) is 7.53. The predicted molar refractivity (Wildman–Crippen MR) is 104 cm³/mol. The molecule has 0 aliphatic carbocycles. The highest BCUT2D eigenvalue weighted by Crippen LogP contribution is 2.25. The number of aromatic nitrogens is 3. The molecule has 0 radical (unpaired) electrons. The number of piperidine rings is 1. The SMILES string of the molecule is COc1ccc(NC(=O)NC2CCN(c3ncnc4[nH]ccc34)CC2)cc1. The topological polar surface area (TPSA) is 95.2 Å². The van der Waals surface area contributed by atoms with Crippen molar-refractivity contribution in [3.63, 3.8) is 0 Å². The van der Waals surface area contributed by atoms with Gasteiger partial charge in [-0.25, -0.2) is 14.8 Å². The van der Waals surface area contributed by atoms with Crippen LogP contribution in [0.3, 0.4) is 0 Å². The van der Waals surface area contributed by atoms with Crippen molar-refractivity contribution in [2.24, 2.45) is 0 Å². The zero-order valence-electron chi connectivity index (χ0n) is 15.1. The lowest BCUT2D eigenvalue weighted by Gasteiger charge is -2.33. The van der Waals surface area contributed by atoms with Gasteiger partial charge in [-0.2, -0.15) is 0 Å². The van der Waals surface area contributed by atoms with Gasteiger partial charge in [-0.1, -0.05) is 0 Å². The number of nitrogens with one attached hydrogen (secondary N) is 3. The fourth-order valence-electron chi connectivity index (χ4n) is 3.37. The fourth-order valence-corrected chi connectivity index (χ4v) is 3.37. The lowest BCUT2D eigenvalue weighted by atomic mass is 10.1. The van der Waals surface area contributed by atoms with Crippen molar-refractivity contribution < 1.29 is 9.53 Å². The molecule has 8 heteroatoms. The van der Waals surface area contributed by atoms with Crippen LogP contribution < -0.4 is 20.3 Å². The Bertz CT molecular complexity index is 915. The molecule has 1 aliphatic heterocycles. The number of rotatable bonds is 4. The van der Waals surface area contributed by atoms with Crippen molar-refractivity contribution in [1.82, 2.24) is 20.3 Å². The molecule has 3 aromatic rings. The van der Waals surface area contributed by atoms with E-state index >= 15 is 0 Å². The Balaban J connectivity index is 1.31. The largest absolute Gasteiger partial charge is 0.497 e. The molecule has 4 rings (SSSR count). The molecule has 0 unspecified atom stereocenters. The van der Waals surface area contributed by atoms with E-state index in [0.717, 1.165) is 54.2 Å². The second-order valence-electron chi connectivity index (χ2n) is 6.53. The molecular formula is C19H22N6O2. The summed E-state index contributed by atoms with van der Waals surface area (Å²) in [5.41, 5.74) is 1.58. The summed E-state index contributed by atoms with van der Waals surface area (Å²) < 4.78 is 5.12. The Morgan fingerprint density at radius 2 is 1.96 bits per heavy atom. The van der Waals surface area contributed by atoms with Crippen LogP contribution in [-0.4, -0.2) is 47.2 Å². The number of fused-ring (bicyclic) bond motifs is 1. The minimum atomic E-state index is -0.186. The molecule has 140 valence electrons. The Hall–Kier alpha value is -3.29. The number of methoxy groups -OCH3 is 1. The zero-order valence-corrected chi connectivity index (χ0v) is 15.1. The first-order chi connectivity index (χ1) is 13.2. The van der Waals surface area contributed by atoms with Gasteiger partial charge in [0.05, 0.1) is 12.5 Å². The highest BCUT2D eigenvalue weighted by molar-refractivity contribution is 5.89. The summed E-state index contributed by atoms with van der Waals surface area (Å²) >= 11 is 0. The van der Waals surface area contributed by atoms with Crippen molar-refractivity contribution in [2.75, 3.05) is 30.4 Å². The molecule has 1 aliphatic rings. The maximum Gasteiger partial charge on any atom is 0.319 e. The summed E-state index contributed by atoms with van der Waals surface area (Å²) in [7, 11) is 1.62. The van der Waals surface area contributed by atoms with Gasteiger partial charge in [-0.3, -0.25) is 0 Å². The van der Waals surface area contributed by atoms with Crippen LogP contribution in [0, 0.1) is 0 Å². The number of hydrogen-bond donors (Lipinski definition) is 3. The van der Waals surface area contributed by atoms with Gasteiger partial charge in [0.15, 0.2) is 0 Å². The van der Waals surface area contributed by atoms with Crippen LogP contribution in [0.4, 0.5) is 16.3 Å². The molecule has 1 aromatic carbocycles. The van der Waals surface area contributed by atoms with Gasteiger partial charge >= 0.3 is 6.03 Å². The van der Waals surface area contributed by atoms with E-state index in [2.05, 4.69) is 30.5 Å². The first-order valence-electron chi connectivity index (χ1n) is 8.97. The number of nitrogens with zero attached hydrogens (tertiary/aromatic N) is 3. The van der Waals surface area contributed by atoms with Gasteiger partial charge in [-0.15, -0.1) is 0 Å². The molecule has 27 heavy (non-hydrogen) atoms. The first-order valence-corrected chi connectivity index (χ1v) is 8.97. The first kappa shape index (κ1) is 17.1. The molecule has 3 N–H and O–H groups in total. The van der Waals surface area contributed by atoms with Crippen molar-refractivity contribution in [3.8, 4) is 5.75 Å². The van der Waals surface area contributed by atoms with E-state index in [0.29, 0.717) is 0 Å². The number of anilines is 2. The van der Waals surface area contributed by atoms with E-state index in [1.165, 1.54) is 0 Å². The smallest absolute Gasteiger partial charge is 0.319 e. The Morgan fingerprint density at radius 1 is 1.19 bits per heavy atom. The third-order valence-corrected chi connectivity index (χ3v) is 4.81. The average Bonchev–Trinajstić information content (AvgIpc) is 3.18. The van der Waals surface area contributed by atoms with E-state index in [-0.39, 0.29) is 12.1 Å². The van der Waals surface area contributed by atoms with E-state index in [1.54, 1.807) is 13.4 Å². The molecule has 2 aromatic heterocycles. The van der Waals surface area contributed by atoms with Crippen molar-refractivity contribution in [2.45, 2.75) is 18.9 Å². The monoisotopic (exact) mass is 366 g/mol. The number of amides is 2. The highest BCUT2D eigenvalue weighted by Gasteiger charge is 2.23. The number of carbonyl (C=O) groups is 1. The number of H-pyrrole nitrogens is 1. The molecule has 3 heterocycles. The van der Waals surface area contributed by atoms with Gasteiger partial charge in [0.1, 0.15) is 23.5 Å². The number of aromatic amines is 1. The standard InChI is InChI=1S/C19H22N6O2/c1-27-15-4-2-13(3-5-15)23-19(26)24-14-7-10-25(11-8-14)18-16-6-9-20-17(16)21-12-22-18/h2-6,9,12,14H,7-8,10-11H2,1H3,(H,20,21,22)(H2,23,24,26). The number of carbonyl (C=O) groups excluding carboxylic acids is 1. The Kier molecular flexibility index (Phi) is 4.78. The van der Waals surface area contributed by atoms with E-state index in [1.807, 2.05) is 36.5 Å². The molecule has 0 saturated carbocycles. The summed E-state index contributed by atoms with van der Waals surface area (Å²) in [4.78, 5) is 26.3. The minimum Gasteiger partial charge on any atom is -0.497 e. The number of ether oxygens (including phenoxy) is 1. The van der Waals surface area contributed by atoms with Crippen LogP contribution in [0.2, 0.25) is 0 Å². The molecule has 1 fully saturated rings. The lowest BCUT2D eigenvalue weighted by Crippen LogP contribution is -2.46. The van der Waals surface area contributed by atoms with Crippen molar-refractivity contribution >= 4 is 28.6 Å². The minimum absolute atomic E-state index is 0.142. The van der Waals surface area contributed by atoms with E-state index < -0.39 is 0 Å². The van der Waals surface area contributed by atoms with Gasteiger partial charge in [-0.05, 0) is 43.2 Å². The summed E-state index contributed by atoms with van der Waals surface area (Å²) in [6, 6.07) is 9.22. The molecule has 8 nitrogen and oxygen atoms in total. The summed E-state index contributed by atoms with van der Waals surface area (Å²) in [6.45, 7) is 1.68. The maximum atomic E-state index is 12.2. The molecule has 2 amide bonds. The molecule has 0 spiro atoms. The lowest BCUT2D eigenvalue weighted by molar-refractivity contribution is 0.246. The van der Waals surface area contributed by atoms with Crippen LogP contribution in [0.15, 0.2) is 42.9 Å². The molecular weight excluding hydrogens is 344 g/mol. The normalized spacial score (nSPS) is 14.9. The van der Waals surface area contributed by atoms with Crippen molar-refractivity contribution in [3.05, 3.63) is 42.9 Å². The summed E-state index contributed by atoms with van der Waals surface area (Å²) in [5.74, 6) is 1.71. The van der Waals surface area contributed by atoms with Crippen LogP contribution >= 0.6 is 0 Å². The summed E-state index contributed by atoms with van der Waals surface area (Å²) in [6.07, 6.45) is 5.19. The van der Waals surface area contributed by atoms with Gasteiger partial charge in [0.2, 0.25) is 0 Å². The summed E-state index contributed by atoms with van der Waals surface area (Å²) in [5, 5.41) is 6.94. The van der Waals surface area contributed by atoms with E-state index in [9.17, 15) is 4.79 Å². The zero-order chi connectivity index (χ0) is 18.6. The predicted octanol–water partition coefficient (Wildman–Crippen LogP) is 2.76. The molecule has 1 saturated heterocycles. The van der Waals surface area contributed by atoms with Crippen LogP contribution in [0.5, 0.6) is 5.75 Å². The average molecular weight is 366 g/mol. The highest BCUT2D eigenvalue weighted by atomic mass is 16.5. The number of hydrogen-bond acceptors (Lipinski definition) is 5. The van der Waals surface area contributed by atoms with Crippen LogP contribution in [0.25, 0.3) is 11.0 Å². The van der Waals surface area contributed by atoms with Crippen LogP contribution in [0.1, 0.15) is 12.8 Å². The van der Waals surface area contributed by atoms with Crippen LogP contribution in [-0.2, 0) is 0 Å². The number of urea groups is 1. The number of benzene rings is 1. The third kappa shape index (κ3) is 3.79. The Morgan fingerprint density at radius 3 is 2.70 bits per heavy atom. The Labute approximate surface area is 157 Å². The van der Waals surface area contributed by atoms with E-state index in [4.69, 9.17) is 4.74 Å². The maximum absolute atomic E-state index is 12.2. The third-order valence-electron chi connectivity index (χ3n) is 4.81. The van der Waals surface area contributed by atoms with Crippen molar-refractivity contribution in [1.29, 1.82) is 0 Å². The van der Waals surface area contributed by atoms with Gasteiger partial charge in [0.25, 0.3) is 0 Å².